The van der Waals surface area contributed by atoms with Gasteiger partial charge in [0.25, 0.3) is 0 Å². The SMILES string of the molecule is CC(C)(C)c1cc(NC(=O)Cc2ccc(-c3cnc(N)cc3F)cc2)on1. The maximum Gasteiger partial charge on any atom is 0.231 e. The standard InChI is InChI=1S/C20H21FN4O2/c1-20(2,3)16-10-19(27-25-16)24-18(26)8-12-4-6-13(7-5-12)14-11-23-17(22)9-15(14)21/h4-7,9-11H,8H2,1-3H3,(H2,22,23)(H,24,26). The van der Waals surface area contributed by atoms with Crippen LogP contribution in [0.5, 0.6) is 0 Å². The van der Waals surface area contributed by atoms with Gasteiger partial charge >= 0.3 is 0 Å². The van der Waals surface area contributed by atoms with E-state index in [0.717, 1.165) is 11.3 Å². The summed E-state index contributed by atoms with van der Waals surface area (Å²) in [4.78, 5) is 16.1. The lowest BCUT2D eigenvalue weighted by atomic mass is 9.92. The number of carbonyl (C=O) groups is 1. The van der Waals surface area contributed by atoms with E-state index in [9.17, 15) is 9.18 Å². The molecule has 2 heterocycles. The summed E-state index contributed by atoms with van der Waals surface area (Å²) in [5, 5.41) is 6.66. The van der Waals surface area contributed by atoms with E-state index in [1.54, 1.807) is 30.3 Å². The van der Waals surface area contributed by atoms with Gasteiger partial charge in [-0.25, -0.2) is 9.37 Å². The van der Waals surface area contributed by atoms with E-state index in [1.807, 2.05) is 20.8 Å². The van der Waals surface area contributed by atoms with E-state index in [0.29, 0.717) is 17.0 Å². The van der Waals surface area contributed by atoms with E-state index in [4.69, 9.17) is 10.3 Å². The normalized spacial score (nSPS) is 11.4. The number of aromatic nitrogens is 2. The van der Waals surface area contributed by atoms with Crippen LogP contribution in [0.25, 0.3) is 11.1 Å². The van der Waals surface area contributed by atoms with E-state index in [-0.39, 0.29) is 23.6 Å². The summed E-state index contributed by atoms with van der Waals surface area (Å²) in [7, 11) is 0. The van der Waals surface area contributed by atoms with Crippen molar-refractivity contribution in [2.24, 2.45) is 0 Å². The number of nitrogens with zero attached hydrogens (tertiary/aromatic N) is 2. The first-order valence-corrected chi connectivity index (χ1v) is 8.50. The second kappa shape index (κ2) is 7.19. The summed E-state index contributed by atoms with van der Waals surface area (Å²) < 4.78 is 19.1. The van der Waals surface area contributed by atoms with Gasteiger partial charge in [-0.05, 0) is 11.1 Å². The molecule has 0 aliphatic heterocycles. The average Bonchev–Trinajstić information content (AvgIpc) is 3.04. The van der Waals surface area contributed by atoms with Crippen molar-refractivity contribution in [3.8, 4) is 11.1 Å². The summed E-state index contributed by atoms with van der Waals surface area (Å²) in [5.41, 5.74) is 7.88. The Balaban J connectivity index is 1.66. The van der Waals surface area contributed by atoms with Gasteiger partial charge in [0.15, 0.2) is 0 Å². The van der Waals surface area contributed by atoms with Gasteiger partial charge in [0.2, 0.25) is 11.8 Å². The Hall–Kier alpha value is -3.22. The quantitative estimate of drug-likeness (QED) is 0.727. The molecule has 0 saturated carbocycles. The Labute approximate surface area is 156 Å². The lowest BCUT2D eigenvalue weighted by Crippen LogP contribution is -2.14. The third-order valence-electron chi connectivity index (χ3n) is 4.05. The van der Waals surface area contributed by atoms with E-state index in [1.165, 1.54) is 12.3 Å². The van der Waals surface area contributed by atoms with Gasteiger partial charge in [-0.1, -0.05) is 50.2 Å². The molecule has 140 valence electrons. The summed E-state index contributed by atoms with van der Waals surface area (Å²) in [5.74, 6) is -0.212. The number of nitrogen functional groups attached to an aromatic ring is 1. The Morgan fingerprint density at radius 1 is 1.22 bits per heavy atom. The van der Waals surface area contributed by atoms with Gasteiger partial charge in [0.05, 0.1) is 12.1 Å². The van der Waals surface area contributed by atoms with Crippen LogP contribution in [-0.4, -0.2) is 16.0 Å². The number of amides is 1. The molecule has 3 N–H and O–H groups in total. The van der Waals surface area contributed by atoms with Crippen molar-refractivity contribution < 1.29 is 13.7 Å². The van der Waals surface area contributed by atoms with Crippen molar-refractivity contribution in [1.29, 1.82) is 0 Å². The molecule has 0 unspecified atom stereocenters. The first kappa shape index (κ1) is 18.6. The summed E-state index contributed by atoms with van der Waals surface area (Å²) in [6.45, 7) is 6.03. The highest BCUT2D eigenvalue weighted by Crippen LogP contribution is 2.25. The molecular weight excluding hydrogens is 347 g/mol. The lowest BCUT2D eigenvalue weighted by Gasteiger charge is -2.12. The van der Waals surface area contributed by atoms with Crippen LogP contribution >= 0.6 is 0 Å². The molecule has 3 aromatic rings. The molecule has 2 aromatic heterocycles. The smallest absolute Gasteiger partial charge is 0.231 e. The summed E-state index contributed by atoms with van der Waals surface area (Å²) >= 11 is 0. The molecule has 3 rings (SSSR count). The minimum atomic E-state index is -0.437. The molecule has 27 heavy (non-hydrogen) atoms. The Morgan fingerprint density at radius 3 is 2.52 bits per heavy atom. The predicted molar refractivity (Wildman–Crippen MR) is 102 cm³/mol. The van der Waals surface area contributed by atoms with E-state index >= 15 is 0 Å². The fourth-order valence-corrected chi connectivity index (χ4v) is 2.51. The van der Waals surface area contributed by atoms with Crippen LogP contribution in [-0.2, 0) is 16.6 Å². The van der Waals surface area contributed by atoms with Crippen molar-refractivity contribution in [2.45, 2.75) is 32.6 Å². The predicted octanol–water partition coefficient (Wildman–Crippen LogP) is 3.94. The maximum atomic E-state index is 14.0. The van der Waals surface area contributed by atoms with Gasteiger partial charge < -0.3 is 10.3 Å². The zero-order valence-corrected chi connectivity index (χ0v) is 15.4. The number of halogens is 1. The van der Waals surface area contributed by atoms with Crippen LogP contribution in [0, 0.1) is 5.82 Å². The van der Waals surface area contributed by atoms with Crippen LogP contribution in [0.3, 0.4) is 0 Å². The number of anilines is 2. The van der Waals surface area contributed by atoms with Crippen LogP contribution in [0.1, 0.15) is 32.0 Å². The van der Waals surface area contributed by atoms with Gasteiger partial charge in [0.1, 0.15) is 11.6 Å². The van der Waals surface area contributed by atoms with Gasteiger partial charge in [-0.3, -0.25) is 10.1 Å². The number of hydrogen-bond acceptors (Lipinski definition) is 5. The fraction of sp³-hybridized carbons (Fsp3) is 0.250. The fourth-order valence-electron chi connectivity index (χ4n) is 2.51. The van der Waals surface area contributed by atoms with Crippen LogP contribution in [0.4, 0.5) is 16.1 Å². The van der Waals surface area contributed by atoms with E-state index in [2.05, 4.69) is 15.5 Å². The molecule has 1 amide bonds. The van der Waals surface area contributed by atoms with E-state index < -0.39 is 5.82 Å². The minimum Gasteiger partial charge on any atom is -0.384 e. The molecule has 7 heteroatoms. The number of nitrogens with one attached hydrogen (secondary N) is 1. The van der Waals surface area contributed by atoms with Crippen LogP contribution in [0.2, 0.25) is 0 Å². The molecular formula is C20H21FN4O2. The van der Waals surface area contributed by atoms with Gasteiger partial charge in [-0.15, -0.1) is 0 Å². The summed E-state index contributed by atoms with van der Waals surface area (Å²) in [6.07, 6.45) is 1.55. The Bertz CT molecular complexity index is 959. The average molecular weight is 368 g/mol. The van der Waals surface area contributed by atoms with Crippen molar-refractivity contribution in [3.05, 3.63) is 59.7 Å². The molecule has 0 atom stereocenters. The van der Waals surface area contributed by atoms with Crippen molar-refractivity contribution >= 4 is 17.6 Å². The number of pyridine rings is 1. The molecule has 6 nitrogen and oxygen atoms in total. The van der Waals surface area contributed by atoms with Crippen LogP contribution in [0.15, 0.2) is 47.1 Å². The minimum absolute atomic E-state index is 0.131. The zero-order chi connectivity index (χ0) is 19.6. The van der Waals surface area contributed by atoms with Crippen molar-refractivity contribution in [1.82, 2.24) is 10.1 Å². The third kappa shape index (κ3) is 4.49. The topological polar surface area (TPSA) is 94.0 Å². The first-order chi connectivity index (χ1) is 12.7. The van der Waals surface area contributed by atoms with Crippen LogP contribution < -0.4 is 11.1 Å². The second-order valence-corrected chi connectivity index (χ2v) is 7.34. The molecule has 0 radical (unpaired) electrons. The largest absolute Gasteiger partial charge is 0.384 e. The number of carbonyl (C=O) groups excluding carboxylic acids is 1. The third-order valence-corrected chi connectivity index (χ3v) is 4.05. The molecule has 0 bridgehead atoms. The molecule has 0 aliphatic carbocycles. The van der Waals surface area contributed by atoms with Gasteiger partial charge in [-0.2, -0.15) is 0 Å². The number of nitrogens with two attached hydrogens (primary N) is 1. The highest BCUT2D eigenvalue weighted by atomic mass is 19.1. The molecule has 0 fully saturated rings. The Kier molecular flexibility index (Phi) is 4.94. The van der Waals surface area contributed by atoms with Crippen molar-refractivity contribution in [3.63, 3.8) is 0 Å². The number of hydrogen-bond donors (Lipinski definition) is 2. The maximum absolute atomic E-state index is 14.0. The Morgan fingerprint density at radius 2 is 1.93 bits per heavy atom. The highest BCUT2D eigenvalue weighted by molar-refractivity contribution is 5.91. The molecule has 0 saturated heterocycles. The highest BCUT2D eigenvalue weighted by Gasteiger charge is 2.19. The van der Waals surface area contributed by atoms with Crippen molar-refractivity contribution in [2.75, 3.05) is 11.1 Å². The first-order valence-electron chi connectivity index (χ1n) is 8.50. The monoisotopic (exact) mass is 368 g/mol. The second-order valence-electron chi connectivity index (χ2n) is 7.34. The number of benzene rings is 1. The molecule has 1 aromatic carbocycles. The molecule has 0 spiro atoms. The molecule has 0 aliphatic rings. The summed E-state index contributed by atoms with van der Waals surface area (Å²) in [6, 6.07) is 9.92. The zero-order valence-electron chi connectivity index (χ0n) is 15.4. The number of rotatable bonds is 4. The lowest BCUT2D eigenvalue weighted by molar-refractivity contribution is -0.115. The van der Waals surface area contributed by atoms with Gasteiger partial charge in [0, 0.05) is 29.3 Å².